The van der Waals surface area contributed by atoms with Gasteiger partial charge in [-0.05, 0) is 6.92 Å². The third-order valence-corrected chi connectivity index (χ3v) is 2.18. The molecular weight excluding hydrogens is 196 g/mol. The minimum Gasteiger partial charge on any atom is -0.391 e. The lowest BCUT2D eigenvalue weighted by Crippen LogP contribution is -2.51. The first-order valence-corrected chi connectivity index (χ1v) is 4.98. The Labute approximate surface area is 88.8 Å². The van der Waals surface area contributed by atoms with Crippen LogP contribution in [0.25, 0.3) is 0 Å². The lowest BCUT2D eigenvalue weighted by Gasteiger charge is -2.34. The van der Waals surface area contributed by atoms with E-state index < -0.39 is 12.2 Å². The molecule has 6 heteroatoms. The molecule has 1 heterocycles. The number of rotatable bonds is 1. The summed E-state index contributed by atoms with van der Waals surface area (Å²) in [7, 11) is 0. The fourth-order valence-corrected chi connectivity index (χ4v) is 1.64. The molecule has 0 radical (unpaired) electrons. The summed E-state index contributed by atoms with van der Waals surface area (Å²) in [5.74, 6) is 0.415. The van der Waals surface area contributed by atoms with Crippen LogP contribution in [0.2, 0.25) is 0 Å². The zero-order valence-electron chi connectivity index (χ0n) is 8.72. The van der Waals surface area contributed by atoms with Gasteiger partial charge in [-0.3, -0.25) is 10.3 Å². The summed E-state index contributed by atoms with van der Waals surface area (Å²) in [6.07, 6.45) is 1.03. The standard InChI is InChI=1S/C9H16N4O2/c1-2-11-9(12-6-10)13-4-7(14)3-8(15)5-13/h7-8,14-15H,2-5H2,1H3,(H,11,12)/t7-,8+. The van der Waals surface area contributed by atoms with E-state index in [4.69, 9.17) is 5.26 Å². The molecule has 1 rings (SSSR count). The van der Waals surface area contributed by atoms with Crippen molar-refractivity contribution in [2.75, 3.05) is 19.6 Å². The molecule has 84 valence electrons. The van der Waals surface area contributed by atoms with Crippen molar-refractivity contribution in [1.29, 1.82) is 5.26 Å². The summed E-state index contributed by atoms with van der Waals surface area (Å²) in [6, 6.07) is 0. The highest BCUT2D eigenvalue weighted by Gasteiger charge is 2.26. The number of hydrogen-bond donors (Lipinski definition) is 3. The molecule has 0 bridgehead atoms. The number of β-amino-alcohol motifs (C(OH)–C–C–N with tert-alkyl or cyclic N) is 2. The van der Waals surface area contributed by atoms with Crippen LogP contribution in [0, 0.1) is 11.5 Å². The van der Waals surface area contributed by atoms with E-state index in [1.807, 2.05) is 6.92 Å². The molecule has 0 saturated carbocycles. The molecule has 2 atom stereocenters. The quantitative estimate of drug-likeness (QED) is 0.221. The molecule has 1 saturated heterocycles. The van der Waals surface area contributed by atoms with Gasteiger partial charge in [-0.25, -0.2) is 0 Å². The second-order valence-corrected chi connectivity index (χ2v) is 3.48. The highest BCUT2D eigenvalue weighted by atomic mass is 16.3. The van der Waals surface area contributed by atoms with Gasteiger partial charge in [0.25, 0.3) is 0 Å². The van der Waals surface area contributed by atoms with Crippen LogP contribution < -0.4 is 5.32 Å². The summed E-state index contributed by atoms with van der Waals surface area (Å²) >= 11 is 0. The number of likely N-dealkylation sites (tertiary alicyclic amines) is 1. The van der Waals surface area contributed by atoms with E-state index in [1.165, 1.54) is 0 Å². The number of piperidine rings is 1. The van der Waals surface area contributed by atoms with Gasteiger partial charge in [-0.1, -0.05) is 0 Å². The molecule has 3 N–H and O–H groups in total. The Bertz CT molecular complexity index is 264. The SMILES string of the molecule is CCN=C(NC#N)N1C[C@H](O)C[C@H](O)C1. The third-order valence-electron chi connectivity index (χ3n) is 2.18. The van der Waals surface area contributed by atoms with Crippen LogP contribution in [0.1, 0.15) is 13.3 Å². The molecule has 1 aliphatic rings. The predicted octanol–water partition coefficient (Wildman–Crippen LogP) is -1.14. The Hall–Kier alpha value is -1.32. The molecule has 1 fully saturated rings. The molecule has 0 aromatic rings. The molecule has 0 aliphatic carbocycles. The third kappa shape index (κ3) is 3.38. The molecule has 6 nitrogen and oxygen atoms in total. The highest BCUT2D eigenvalue weighted by molar-refractivity contribution is 5.81. The molecule has 0 spiro atoms. The number of aliphatic hydroxyl groups is 2. The predicted molar refractivity (Wildman–Crippen MR) is 54.9 cm³/mol. The van der Waals surface area contributed by atoms with Gasteiger partial charge in [0.15, 0.2) is 6.19 Å². The van der Waals surface area contributed by atoms with E-state index in [1.54, 1.807) is 11.1 Å². The van der Waals surface area contributed by atoms with Crippen molar-refractivity contribution >= 4 is 5.96 Å². The number of aliphatic imine (C=N–C) groups is 1. The number of nitrogens with zero attached hydrogens (tertiary/aromatic N) is 3. The summed E-state index contributed by atoms with van der Waals surface area (Å²) in [4.78, 5) is 5.78. The maximum atomic E-state index is 9.47. The van der Waals surface area contributed by atoms with Crippen LogP contribution in [0.3, 0.4) is 0 Å². The van der Waals surface area contributed by atoms with E-state index in [0.717, 1.165) is 0 Å². The van der Waals surface area contributed by atoms with E-state index in [-0.39, 0.29) is 0 Å². The number of aliphatic hydroxyl groups excluding tert-OH is 2. The first-order chi connectivity index (χ1) is 7.17. The van der Waals surface area contributed by atoms with Crippen LogP contribution in [0.15, 0.2) is 4.99 Å². The monoisotopic (exact) mass is 212 g/mol. The number of nitriles is 1. The summed E-state index contributed by atoms with van der Waals surface area (Å²) in [5.41, 5.74) is 0. The molecule has 0 unspecified atom stereocenters. The highest BCUT2D eigenvalue weighted by Crippen LogP contribution is 2.10. The van der Waals surface area contributed by atoms with Gasteiger partial charge in [0.05, 0.1) is 12.2 Å². The van der Waals surface area contributed by atoms with E-state index >= 15 is 0 Å². The number of hydrogen-bond acceptors (Lipinski definition) is 4. The Morgan fingerprint density at radius 3 is 2.60 bits per heavy atom. The van der Waals surface area contributed by atoms with Crippen LogP contribution in [-0.4, -0.2) is 52.9 Å². The molecule has 15 heavy (non-hydrogen) atoms. The van der Waals surface area contributed by atoms with Crippen LogP contribution >= 0.6 is 0 Å². The van der Waals surface area contributed by atoms with E-state index in [0.29, 0.717) is 32.0 Å². The van der Waals surface area contributed by atoms with Gasteiger partial charge in [0.1, 0.15) is 0 Å². The maximum Gasteiger partial charge on any atom is 0.207 e. The Balaban J connectivity index is 2.67. The minimum absolute atomic E-state index is 0.377. The topological polar surface area (TPSA) is 91.9 Å². The van der Waals surface area contributed by atoms with Gasteiger partial charge in [-0.15, -0.1) is 0 Å². The van der Waals surface area contributed by atoms with E-state index in [2.05, 4.69) is 10.3 Å². The van der Waals surface area contributed by atoms with Gasteiger partial charge >= 0.3 is 0 Å². The molecule has 0 aromatic carbocycles. The molecule has 0 amide bonds. The Morgan fingerprint density at radius 2 is 2.13 bits per heavy atom. The zero-order valence-corrected chi connectivity index (χ0v) is 8.72. The van der Waals surface area contributed by atoms with Gasteiger partial charge in [0, 0.05) is 26.1 Å². The zero-order chi connectivity index (χ0) is 11.3. The summed E-state index contributed by atoms with van der Waals surface area (Å²) in [5, 5.41) is 29.9. The average Bonchev–Trinajstić information content (AvgIpc) is 2.16. The molecular formula is C9H16N4O2. The minimum atomic E-state index is -0.573. The van der Waals surface area contributed by atoms with Crippen molar-refractivity contribution in [3.8, 4) is 6.19 Å². The Kier molecular flexibility index (Phi) is 4.34. The van der Waals surface area contributed by atoms with Gasteiger partial charge in [0.2, 0.25) is 5.96 Å². The second kappa shape index (κ2) is 5.53. The normalized spacial score (nSPS) is 27.3. The van der Waals surface area contributed by atoms with Crippen LogP contribution in [-0.2, 0) is 0 Å². The summed E-state index contributed by atoms with van der Waals surface area (Å²) in [6.45, 7) is 3.19. The van der Waals surface area contributed by atoms with Crippen molar-refractivity contribution in [2.24, 2.45) is 4.99 Å². The van der Waals surface area contributed by atoms with Crippen molar-refractivity contribution in [1.82, 2.24) is 10.2 Å². The first-order valence-electron chi connectivity index (χ1n) is 4.98. The summed E-state index contributed by atoms with van der Waals surface area (Å²) < 4.78 is 0. The Morgan fingerprint density at radius 1 is 1.53 bits per heavy atom. The lowest BCUT2D eigenvalue weighted by atomic mass is 10.1. The second-order valence-electron chi connectivity index (χ2n) is 3.48. The maximum absolute atomic E-state index is 9.47. The van der Waals surface area contributed by atoms with Crippen molar-refractivity contribution in [3.05, 3.63) is 0 Å². The van der Waals surface area contributed by atoms with Gasteiger partial charge in [-0.2, -0.15) is 5.26 Å². The van der Waals surface area contributed by atoms with Crippen molar-refractivity contribution in [2.45, 2.75) is 25.6 Å². The largest absolute Gasteiger partial charge is 0.391 e. The average molecular weight is 212 g/mol. The fourth-order valence-electron chi connectivity index (χ4n) is 1.64. The van der Waals surface area contributed by atoms with Crippen LogP contribution in [0.4, 0.5) is 0 Å². The van der Waals surface area contributed by atoms with Crippen molar-refractivity contribution in [3.63, 3.8) is 0 Å². The lowest BCUT2D eigenvalue weighted by molar-refractivity contribution is 0.0160. The first kappa shape index (κ1) is 11.8. The van der Waals surface area contributed by atoms with Gasteiger partial charge < -0.3 is 15.1 Å². The van der Waals surface area contributed by atoms with Crippen LogP contribution in [0.5, 0.6) is 0 Å². The molecule has 1 aliphatic heterocycles. The van der Waals surface area contributed by atoms with Crippen molar-refractivity contribution < 1.29 is 10.2 Å². The number of guanidine groups is 1. The fraction of sp³-hybridized carbons (Fsp3) is 0.778. The smallest absolute Gasteiger partial charge is 0.207 e. The number of nitrogens with one attached hydrogen (secondary N) is 1. The molecule has 0 aromatic heterocycles. The van der Waals surface area contributed by atoms with E-state index in [9.17, 15) is 10.2 Å².